The van der Waals surface area contributed by atoms with Gasteiger partial charge in [0.2, 0.25) is 0 Å². The second-order valence-corrected chi connectivity index (χ2v) is 7.09. The van der Waals surface area contributed by atoms with E-state index in [-0.39, 0.29) is 0 Å². The SMILES string of the molecule is c1ccc(CSc2cnc(NC3CCCNC3)s2)nc1. The monoisotopic (exact) mass is 306 g/mol. The van der Waals surface area contributed by atoms with Crippen LogP contribution in [0.3, 0.4) is 0 Å². The lowest BCUT2D eigenvalue weighted by Gasteiger charge is -2.23. The van der Waals surface area contributed by atoms with Crippen molar-refractivity contribution in [3.05, 3.63) is 36.3 Å². The summed E-state index contributed by atoms with van der Waals surface area (Å²) in [4.78, 5) is 8.79. The highest BCUT2D eigenvalue weighted by Crippen LogP contribution is 2.30. The Labute approximate surface area is 127 Å². The number of piperidine rings is 1. The highest BCUT2D eigenvalue weighted by atomic mass is 32.2. The molecule has 0 radical (unpaired) electrons. The number of thiazole rings is 1. The zero-order valence-electron chi connectivity index (χ0n) is 11.2. The summed E-state index contributed by atoms with van der Waals surface area (Å²) in [5.41, 5.74) is 1.11. The summed E-state index contributed by atoms with van der Waals surface area (Å²) >= 11 is 3.53. The summed E-state index contributed by atoms with van der Waals surface area (Å²) in [7, 11) is 0. The Morgan fingerprint density at radius 3 is 3.20 bits per heavy atom. The molecule has 4 nitrogen and oxygen atoms in total. The molecule has 0 bridgehead atoms. The van der Waals surface area contributed by atoms with Crippen molar-refractivity contribution < 1.29 is 0 Å². The molecule has 2 N–H and O–H groups in total. The van der Waals surface area contributed by atoms with Crippen molar-refractivity contribution in [1.29, 1.82) is 0 Å². The predicted octanol–water partition coefficient (Wildman–Crippen LogP) is 2.99. The lowest BCUT2D eigenvalue weighted by atomic mass is 10.1. The van der Waals surface area contributed by atoms with E-state index >= 15 is 0 Å². The zero-order valence-corrected chi connectivity index (χ0v) is 12.8. The summed E-state index contributed by atoms with van der Waals surface area (Å²) in [5.74, 6) is 0.896. The molecule has 3 rings (SSSR count). The molecule has 3 heterocycles. The zero-order chi connectivity index (χ0) is 13.6. The highest BCUT2D eigenvalue weighted by molar-refractivity contribution is 8.00. The van der Waals surface area contributed by atoms with Gasteiger partial charge in [0.25, 0.3) is 0 Å². The van der Waals surface area contributed by atoms with Crippen molar-refractivity contribution in [2.75, 3.05) is 18.4 Å². The minimum atomic E-state index is 0.517. The van der Waals surface area contributed by atoms with E-state index in [0.29, 0.717) is 6.04 Å². The fourth-order valence-corrected chi connectivity index (χ4v) is 4.04. The van der Waals surface area contributed by atoms with Crippen LogP contribution in [0.2, 0.25) is 0 Å². The van der Waals surface area contributed by atoms with Crippen LogP contribution in [-0.4, -0.2) is 29.1 Å². The molecule has 0 aromatic carbocycles. The normalized spacial score (nSPS) is 18.9. The lowest BCUT2D eigenvalue weighted by molar-refractivity contribution is 0.480. The number of hydrogen-bond acceptors (Lipinski definition) is 6. The van der Waals surface area contributed by atoms with Gasteiger partial charge in [-0.25, -0.2) is 4.98 Å². The van der Waals surface area contributed by atoms with Gasteiger partial charge in [0.1, 0.15) is 0 Å². The van der Waals surface area contributed by atoms with E-state index in [1.807, 2.05) is 24.5 Å². The molecule has 0 aliphatic carbocycles. The van der Waals surface area contributed by atoms with E-state index in [2.05, 4.69) is 26.7 Å². The average Bonchev–Trinajstić information content (AvgIpc) is 2.95. The van der Waals surface area contributed by atoms with E-state index in [1.165, 1.54) is 17.1 Å². The van der Waals surface area contributed by atoms with Gasteiger partial charge < -0.3 is 10.6 Å². The quantitative estimate of drug-likeness (QED) is 0.832. The van der Waals surface area contributed by atoms with Crippen LogP contribution in [-0.2, 0) is 5.75 Å². The van der Waals surface area contributed by atoms with E-state index < -0.39 is 0 Å². The Morgan fingerprint density at radius 2 is 2.40 bits per heavy atom. The number of rotatable bonds is 5. The van der Waals surface area contributed by atoms with Crippen LogP contribution in [0.4, 0.5) is 5.13 Å². The summed E-state index contributed by atoms with van der Waals surface area (Å²) in [6, 6.07) is 6.55. The van der Waals surface area contributed by atoms with E-state index in [0.717, 1.165) is 29.7 Å². The minimum absolute atomic E-state index is 0.517. The van der Waals surface area contributed by atoms with Gasteiger partial charge in [0.15, 0.2) is 5.13 Å². The number of nitrogens with zero attached hydrogens (tertiary/aromatic N) is 2. The van der Waals surface area contributed by atoms with Gasteiger partial charge in [-0.3, -0.25) is 4.98 Å². The standard InChI is InChI=1S/C14H18N4S2/c1-2-7-16-12(4-1)10-19-13-9-17-14(20-13)18-11-5-3-6-15-8-11/h1-2,4,7,9,11,15H,3,5-6,8,10H2,(H,17,18). The largest absolute Gasteiger partial charge is 0.357 e. The number of nitrogens with one attached hydrogen (secondary N) is 2. The molecule has 2 aromatic rings. The predicted molar refractivity (Wildman–Crippen MR) is 85.4 cm³/mol. The number of pyridine rings is 1. The third-order valence-electron chi connectivity index (χ3n) is 3.20. The highest BCUT2D eigenvalue weighted by Gasteiger charge is 2.14. The van der Waals surface area contributed by atoms with E-state index in [1.54, 1.807) is 23.1 Å². The van der Waals surface area contributed by atoms with Crippen LogP contribution < -0.4 is 10.6 Å². The molecule has 0 amide bonds. The van der Waals surface area contributed by atoms with Gasteiger partial charge in [0, 0.05) is 24.5 Å². The molecule has 6 heteroatoms. The summed E-state index contributed by atoms with van der Waals surface area (Å²) < 4.78 is 1.24. The smallest absolute Gasteiger partial charge is 0.183 e. The Morgan fingerprint density at radius 1 is 1.40 bits per heavy atom. The summed E-state index contributed by atoms with van der Waals surface area (Å²) in [6.45, 7) is 2.18. The molecule has 1 unspecified atom stereocenters. The third-order valence-corrected chi connectivity index (χ3v) is 5.35. The second kappa shape index (κ2) is 7.06. The molecule has 106 valence electrons. The lowest BCUT2D eigenvalue weighted by Crippen LogP contribution is -2.38. The van der Waals surface area contributed by atoms with Gasteiger partial charge in [-0.15, -0.1) is 11.8 Å². The third kappa shape index (κ3) is 3.94. The van der Waals surface area contributed by atoms with Gasteiger partial charge in [-0.1, -0.05) is 17.4 Å². The molecular formula is C14H18N4S2. The van der Waals surface area contributed by atoms with E-state index in [4.69, 9.17) is 0 Å². The maximum absolute atomic E-state index is 4.46. The average molecular weight is 306 g/mol. The van der Waals surface area contributed by atoms with Gasteiger partial charge in [0.05, 0.1) is 16.1 Å². The maximum atomic E-state index is 4.46. The van der Waals surface area contributed by atoms with Gasteiger partial charge in [-0.2, -0.15) is 0 Å². The first-order valence-electron chi connectivity index (χ1n) is 6.86. The molecule has 0 spiro atoms. The first-order chi connectivity index (χ1) is 9.90. The topological polar surface area (TPSA) is 49.8 Å². The fourth-order valence-electron chi connectivity index (χ4n) is 2.17. The van der Waals surface area contributed by atoms with Crippen LogP contribution >= 0.6 is 23.1 Å². The molecule has 1 aliphatic heterocycles. The van der Waals surface area contributed by atoms with Crippen molar-refractivity contribution in [3.8, 4) is 0 Å². The van der Waals surface area contributed by atoms with Gasteiger partial charge in [-0.05, 0) is 31.5 Å². The maximum Gasteiger partial charge on any atom is 0.183 e. The molecule has 1 fully saturated rings. The molecule has 2 aromatic heterocycles. The molecule has 20 heavy (non-hydrogen) atoms. The summed E-state index contributed by atoms with van der Waals surface area (Å²) in [5, 5.41) is 7.95. The van der Waals surface area contributed by atoms with Crippen molar-refractivity contribution >= 4 is 28.2 Å². The van der Waals surface area contributed by atoms with Crippen LogP contribution in [0.15, 0.2) is 34.8 Å². The number of hydrogen-bond donors (Lipinski definition) is 2. The molecular weight excluding hydrogens is 288 g/mol. The van der Waals surface area contributed by atoms with Crippen molar-refractivity contribution in [2.24, 2.45) is 0 Å². The first kappa shape index (κ1) is 13.9. The molecule has 1 saturated heterocycles. The number of aromatic nitrogens is 2. The van der Waals surface area contributed by atoms with E-state index in [9.17, 15) is 0 Å². The second-order valence-electron chi connectivity index (χ2n) is 4.78. The fraction of sp³-hybridized carbons (Fsp3) is 0.429. The van der Waals surface area contributed by atoms with Crippen LogP contribution in [0.25, 0.3) is 0 Å². The Hall–Kier alpha value is -1.11. The Bertz CT molecular complexity index is 523. The first-order valence-corrected chi connectivity index (χ1v) is 8.66. The Balaban J connectivity index is 1.51. The van der Waals surface area contributed by atoms with Crippen LogP contribution in [0.1, 0.15) is 18.5 Å². The minimum Gasteiger partial charge on any atom is -0.357 e. The summed E-state index contributed by atoms with van der Waals surface area (Å²) in [6.07, 6.45) is 6.26. The molecule has 1 aliphatic rings. The van der Waals surface area contributed by atoms with Crippen molar-refractivity contribution in [1.82, 2.24) is 15.3 Å². The Kier molecular flexibility index (Phi) is 4.89. The van der Waals surface area contributed by atoms with Crippen LogP contribution in [0, 0.1) is 0 Å². The van der Waals surface area contributed by atoms with Crippen molar-refractivity contribution in [2.45, 2.75) is 28.8 Å². The van der Waals surface area contributed by atoms with Crippen LogP contribution in [0.5, 0.6) is 0 Å². The van der Waals surface area contributed by atoms with Crippen molar-refractivity contribution in [3.63, 3.8) is 0 Å². The number of anilines is 1. The van der Waals surface area contributed by atoms with Gasteiger partial charge >= 0.3 is 0 Å². The molecule has 1 atom stereocenters. The number of thioether (sulfide) groups is 1. The molecule has 0 saturated carbocycles.